The van der Waals surface area contributed by atoms with Crippen molar-refractivity contribution in [2.45, 2.75) is 46.5 Å². The van der Waals surface area contributed by atoms with Crippen LogP contribution >= 0.6 is 0 Å². The van der Waals surface area contributed by atoms with Crippen LogP contribution in [0.15, 0.2) is 18.2 Å². The van der Waals surface area contributed by atoms with Gasteiger partial charge in [0.05, 0.1) is 0 Å². The summed E-state index contributed by atoms with van der Waals surface area (Å²) in [4.78, 5) is 18.6. The lowest BCUT2D eigenvalue weighted by Gasteiger charge is -2.35. The molecule has 4 rings (SSSR count). The predicted molar refractivity (Wildman–Crippen MR) is 98.3 cm³/mol. The molecule has 1 amide bonds. The molecular formula is C21H28N2O. The molecule has 1 aliphatic heterocycles. The average Bonchev–Trinajstić information content (AvgIpc) is 2.90. The Kier molecular flexibility index (Phi) is 3.90. The normalized spacial score (nSPS) is 27.3. The van der Waals surface area contributed by atoms with Crippen molar-refractivity contribution in [3.63, 3.8) is 0 Å². The summed E-state index contributed by atoms with van der Waals surface area (Å²) >= 11 is 0. The number of carbonyl (C=O) groups is 1. The molecule has 1 saturated heterocycles. The maximum absolute atomic E-state index is 13.0. The van der Waals surface area contributed by atoms with Crippen molar-refractivity contribution in [3.05, 3.63) is 35.0 Å². The lowest BCUT2D eigenvalue weighted by atomic mass is 9.87. The minimum Gasteiger partial charge on any atom is -0.358 e. The van der Waals surface area contributed by atoms with Gasteiger partial charge in [0.1, 0.15) is 0 Å². The van der Waals surface area contributed by atoms with Crippen LogP contribution in [0, 0.1) is 17.8 Å². The molecule has 2 aromatic rings. The van der Waals surface area contributed by atoms with Crippen molar-refractivity contribution < 1.29 is 4.79 Å². The molecule has 1 aromatic carbocycles. The number of fused-ring (bicyclic) bond motifs is 3. The van der Waals surface area contributed by atoms with Gasteiger partial charge in [-0.15, -0.1) is 0 Å². The molecule has 1 fully saturated rings. The van der Waals surface area contributed by atoms with Gasteiger partial charge >= 0.3 is 0 Å². The lowest BCUT2D eigenvalue weighted by Crippen LogP contribution is -2.42. The van der Waals surface area contributed by atoms with E-state index in [1.807, 2.05) is 6.07 Å². The molecule has 2 heterocycles. The van der Waals surface area contributed by atoms with E-state index in [1.165, 1.54) is 35.0 Å². The lowest BCUT2D eigenvalue weighted by molar-refractivity contribution is 0.0623. The summed E-state index contributed by atoms with van der Waals surface area (Å²) in [5, 5.41) is 1.26. The van der Waals surface area contributed by atoms with Crippen LogP contribution in [0.2, 0.25) is 0 Å². The third-order valence-corrected chi connectivity index (χ3v) is 5.84. The Morgan fingerprint density at radius 2 is 1.88 bits per heavy atom. The topological polar surface area (TPSA) is 36.1 Å². The third kappa shape index (κ3) is 2.74. The molecule has 3 nitrogen and oxygen atoms in total. The zero-order valence-corrected chi connectivity index (χ0v) is 15.1. The number of aromatic amines is 1. The number of H-pyrrole nitrogens is 1. The van der Waals surface area contributed by atoms with Crippen molar-refractivity contribution in [2.24, 2.45) is 17.8 Å². The highest BCUT2D eigenvalue weighted by molar-refractivity contribution is 5.99. The standard InChI is InChI=1S/C21H28N2O/c1-13-4-6-19-17(9-13)18-10-16(5-7-20(18)22-19)21(24)23-11-14(2)8-15(3)12-23/h5,7,10,13-15,22H,4,6,8-9,11-12H2,1-3H3/t13-,14+,15+/m0/s1. The first-order chi connectivity index (χ1) is 11.5. The predicted octanol–water partition coefficient (Wildman–Crippen LogP) is 4.41. The summed E-state index contributed by atoms with van der Waals surface area (Å²) in [5.74, 6) is 2.14. The maximum atomic E-state index is 13.0. The Hall–Kier alpha value is -1.77. The molecule has 3 heteroatoms. The minimum absolute atomic E-state index is 0.203. The maximum Gasteiger partial charge on any atom is 0.253 e. The molecular weight excluding hydrogens is 296 g/mol. The minimum atomic E-state index is 0.203. The number of piperidine rings is 1. The van der Waals surface area contributed by atoms with Gasteiger partial charge in [-0.2, -0.15) is 0 Å². The van der Waals surface area contributed by atoms with Crippen LogP contribution in [-0.2, 0) is 12.8 Å². The van der Waals surface area contributed by atoms with E-state index < -0.39 is 0 Å². The molecule has 24 heavy (non-hydrogen) atoms. The van der Waals surface area contributed by atoms with Crippen LogP contribution in [0.4, 0.5) is 0 Å². The van der Waals surface area contributed by atoms with Crippen LogP contribution in [-0.4, -0.2) is 28.9 Å². The van der Waals surface area contributed by atoms with Crippen molar-refractivity contribution in [2.75, 3.05) is 13.1 Å². The van der Waals surface area contributed by atoms with E-state index in [4.69, 9.17) is 0 Å². The Labute approximate surface area is 144 Å². The number of benzene rings is 1. The monoisotopic (exact) mass is 324 g/mol. The first-order valence-electron chi connectivity index (χ1n) is 9.44. The number of rotatable bonds is 1. The summed E-state index contributed by atoms with van der Waals surface area (Å²) in [6.07, 6.45) is 4.75. The van der Waals surface area contributed by atoms with Gasteiger partial charge in [0.25, 0.3) is 5.91 Å². The van der Waals surface area contributed by atoms with E-state index in [-0.39, 0.29) is 5.91 Å². The van der Waals surface area contributed by atoms with Gasteiger partial charge in [0.2, 0.25) is 0 Å². The molecule has 0 bridgehead atoms. The van der Waals surface area contributed by atoms with Gasteiger partial charge in [-0.05, 0) is 67.2 Å². The summed E-state index contributed by atoms with van der Waals surface area (Å²) in [6, 6.07) is 6.23. The Balaban J connectivity index is 1.67. The Morgan fingerprint density at radius 1 is 1.12 bits per heavy atom. The quantitative estimate of drug-likeness (QED) is 0.828. The first-order valence-corrected chi connectivity index (χ1v) is 9.44. The molecule has 1 aliphatic carbocycles. The van der Waals surface area contributed by atoms with Crippen LogP contribution in [0.3, 0.4) is 0 Å². The second kappa shape index (κ2) is 5.94. The van der Waals surface area contributed by atoms with Crippen LogP contribution in [0.5, 0.6) is 0 Å². The van der Waals surface area contributed by atoms with Crippen LogP contribution < -0.4 is 0 Å². The largest absolute Gasteiger partial charge is 0.358 e. The Bertz CT molecular complexity index is 765. The number of likely N-dealkylation sites (tertiary alicyclic amines) is 1. The van der Waals surface area contributed by atoms with Gasteiger partial charge < -0.3 is 9.88 Å². The molecule has 1 N–H and O–H groups in total. The number of aryl methyl sites for hydroxylation is 1. The van der Waals surface area contributed by atoms with Gasteiger partial charge in [0, 0.05) is 35.2 Å². The van der Waals surface area contributed by atoms with Gasteiger partial charge in [-0.3, -0.25) is 4.79 Å². The SMILES string of the molecule is C[C@@H]1C[C@@H](C)CN(C(=O)c2ccc3[nH]c4c(c3c2)C[C@@H](C)CC4)C1. The number of amides is 1. The number of hydrogen-bond acceptors (Lipinski definition) is 1. The number of nitrogens with zero attached hydrogens (tertiary/aromatic N) is 1. The van der Waals surface area contributed by atoms with E-state index in [0.29, 0.717) is 11.8 Å². The summed E-state index contributed by atoms with van der Waals surface area (Å²) < 4.78 is 0. The molecule has 2 aliphatic rings. The number of hydrogen-bond donors (Lipinski definition) is 1. The molecule has 0 saturated carbocycles. The summed E-state index contributed by atoms with van der Waals surface area (Å²) in [7, 11) is 0. The number of aromatic nitrogens is 1. The first kappa shape index (κ1) is 15.7. The van der Waals surface area contributed by atoms with Crippen LogP contribution in [0.25, 0.3) is 10.9 Å². The smallest absolute Gasteiger partial charge is 0.253 e. The van der Waals surface area contributed by atoms with Gasteiger partial charge in [-0.1, -0.05) is 20.8 Å². The zero-order chi connectivity index (χ0) is 16.8. The van der Waals surface area contributed by atoms with Gasteiger partial charge in [0.15, 0.2) is 0 Å². The number of carbonyl (C=O) groups excluding carboxylic acids is 1. The summed E-state index contributed by atoms with van der Waals surface area (Å²) in [6.45, 7) is 8.62. The molecule has 3 atom stereocenters. The van der Waals surface area contributed by atoms with Crippen molar-refractivity contribution in [1.29, 1.82) is 0 Å². The second-order valence-electron chi connectivity index (χ2n) is 8.35. The van der Waals surface area contributed by atoms with E-state index >= 15 is 0 Å². The van der Waals surface area contributed by atoms with Crippen molar-refractivity contribution >= 4 is 16.8 Å². The molecule has 0 unspecified atom stereocenters. The molecule has 1 aromatic heterocycles. The second-order valence-corrected chi connectivity index (χ2v) is 8.35. The van der Waals surface area contributed by atoms with E-state index in [9.17, 15) is 4.79 Å². The fourth-order valence-electron chi connectivity index (χ4n) is 4.74. The van der Waals surface area contributed by atoms with E-state index in [2.05, 4.69) is 42.8 Å². The summed E-state index contributed by atoms with van der Waals surface area (Å²) in [5.41, 5.74) is 4.86. The van der Waals surface area contributed by atoms with Crippen molar-refractivity contribution in [1.82, 2.24) is 9.88 Å². The van der Waals surface area contributed by atoms with Gasteiger partial charge in [-0.25, -0.2) is 0 Å². The molecule has 0 radical (unpaired) electrons. The zero-order valence-electron chi connectivity index (χ0n) is 15.1. The average molecular weight is 324 g/mol. The van der Waals surface area contributed by atoms with Crippen LogP contribution in [0.1, 0.15) is 55.2 Å². The highest BCUT2D eigenvalue weighted by Crippen LogP contribution is 2.32. The molecule has 0 spiro atoms. The fourth-order valence-corrected chi connectivity index (χ4v) is 4.74. The molecule has 128 valence electrons. The van der Waals surface area contributed by atoms with E-state index in [1.54, 1.807) is 0 Å². The fraction of sp³-hybridized carbons (Fsp3) is 0.571. The Morgan fingerprint density at radius 3 is 2.62 bits per heavy atom. The van der Waals surface area contributed by atoms with Crippen molar-refractivity contribution in [3.8, 4) is 0 Å². The van der Waals surface area contributed by atoms with E-state index in [0.717, 1.165) is 37.4 Å². The highest BCUT2D eigenvalue weighted by atomic mass is 16.2. The number of nitrogens with one attached hydrogen (secondary N) is 1. The third-order valence-electron chi connectivity index (χ3n) is 5.84. The highest BCUT2D eigenvalue weighted by Gasteiger charge is 2.27.